The number of hydrogen-bond donors (Lipinski definition) is 1. The number of aryl methyl sites for hydroxylation is 1. The lowest BCUT2D eigenvalue weighted by Crippen LogP contribution is -2.24. The minimum absolute atomic E-state index is 0.0212. The zero-order chi connectivity index (χ0) is 14.8. The number of nitrogens with zero attached hydrogens (tertiary/aromatic N) is 2. The van der Waals surface area contributed by atoms with Crippen LogP contribution in [-0.4, -0.2) is 38.3 Å². The minimum Gasteiger partial charge on any atom is -0.238 e. The first-order valence-corrected chi connectivity index (χ1v) is 8.97. The Balaban J connectivity index is 3.14. The summed E-state index contributed by atoms with van der Waals surface area (Å²) >= 11 is 0. The third kappa shape index (κ3) is 4.84. The van der Waals surface area contributed by atoms with Crippen molar-refractivity contribution in [3.8, 4) is 0 Å². The van der Waals surface area contributed by atoms with E-state index in [0.29, 0.717) is 11.5 Å². The molecule has 0 unspecified atom stereocenters. The van der Waals surface area contributed by atoms with Crippen molar-refractivity contribution >= 4 is 19.9 Å². The maximum atomic E-state index is 12.0. The van der Waals surface area contributed by atoms with E-state index < -0.39 is 31.4 Å². The fourth-order valence-corrected chi connectivity index (χ4v) is 3.91. The van der Waals surface area contributed by atoms with E-state index in [1.807, 2.05) is 13.8 Å². The van der Waals surface area contributed by atoms with E-state index in [2.05, 4.69) is 9.97 Å². The lowest BCUT2D eigenvalue weighted by molar-refractivity contribution is 0.584. The molecule has 0 atom stereocenters. The van der Waals surface area contributed by atoms with Gasteiger partial charge in [0.25, 0.3) is 0 Å². The summed E-state index contributed by atoms with van der Waals surface area (Å²) in [6.07, 6.45) is 0. The van der Waals surface area contributed by atoms with Gasteiger partial charge in [0.05, 0.1) is 11.5 Å². The summed E-state index contributed by atoms with van der Waals surface area (Å²) in [6.45, 7) is 5.34. The largest absolute Gasteiger partial charge is 0.238 e. The smallest absolute Gasteiger partial charge is 0.210 e. The van der Waals surface area contributed by atoms with E-state index in [1.165, 1.54) is 6.07 Å². The monoisotopic (exact) mass is 307 g/mol. The van der Waals surface area contributed by atoms with Crippen LogP contribution in [0.15, 0.2) is 11.1 Å². The zero-order valence-corrected chi connectivity index (χ0v) is 12.6. The number of rotatable bonds is 5. The maximum Gasteiger partial charge on any atom is 0.210 e. The van der Waals surface area contributed by atoms with Gasteiger partial charge in [0, 0.05) is 11.6 Å². The lowest BCUT2D eigenvalue weighted by atomic mass is 10.2. The van der Waals surface area contributed by atoms with E-state index in [1.54, 1.807) is 6.92 Å². The molecule has 0 saturated heterocycles. The number of primary sulfonamides is 1. The Morgan fingerprint density at radius 3 is 2.21 bits per heavy atom. The van der Waals surface area contributed by atoms with Gasteiger partial charge in [-0.05, 0) is 13.0 Å². The molecule has 9 heteroatoms. The Kier molecular flexibility index (Phi) is 4.64. The Labute approximate surface area is 113 Å². The van der Waals surface area contributed by atoms with Crippen molar-refractivity contribution in [1.82, 2.24) is 9.97 Å². The van der Waals surface area contributed by atoms with Crippen LogP contribution in [0.3, 0.4) is 0 Å². The Morgan fingerprint density at radius 2 is 1.74 bits per heavy atom. The first-order chi connectivity index (χ1) is 8.51. The number of aromatic nitrogens is 2. The summed E-state index contributed by atoms with van der Waals surface area (Å²) in [7, 11) is -7.61. The van der Waals surface area contributed by atoms with Gasteiger partial charge >= 0.3 is 0 Å². The molecule has 0 saturated carbocycles. The maximum absolute atomic E-state index is 12.0. The second-order valence-corrected chi connectivity index (χ2v) is 8.34. The molecular weight excluding hydrogens is 290 g/mol. The van der Waals surface area contributed by atoms with Crippen LogP contribution in [-0.2, 0) is 19.9 Å². The molecule has 2 N–H and O–H groups in total. The van der Waals surface area contributed by atoms with Gasteiger partial charge in [-0.15, -0.1) is 0 Å². The Morgan fingerprint density at radius 1 is 1.16 bits per heavy atom. The average Bonchev–Trinajstić information content (AvgIpc) is 2.25. The predicted octanol–water partition coefficient (Wildman–Crippen LogP) is -0.0294. The molecule has 1 heterocycles. The molecule has 0 radical (unpaired) electrons. The summed E-state index contributed by atoms with van der Waals surface area (Å²) in [6, 6.07) is 1.32. The fraction of sp³-hybridized carbons (Fsp3) is 0.600. The average molecular weight is 307 g/mol. The third-order valence-corrected chi connectivity index (χ3v) is 4.94. The van der Waals surface area contributed by atoms with Crippen LogP contribution in [0.4, 0.5) is 0 Å². The van der Waals surface area contributed by atoms with Gasteiger partial charge in [0.1, 0.15) is 5.82 Å². The third-order valence-electron chi connectivity index (χ3n) is 2.32. The van der Waals surface area contributed by atoms with Crippen molar-refractivity contribution in [2.75, 3.05) is 11.5 Å². The molecular formula is C10H17N3O4S2. The van der Waals surface area contributed by atoms with Crippen LogP contribution >= 0.6 is 0 Å². The molecule has 1 rings (SSSR count). The summed E-state index contributed by atoms with van der Waals surface area (Å²) in [5.74, 6) is -0.823. The highest BCUT2D eigenvalue weighted by Crippen LogP contribution is 2.15. The predicted molar refractivity (Wildman–Crippen MR) is 70.9 cm³/mol. The number of sulfone groups is 1. The Bertz CT molecular complexity index is 666. The van der Waals surface area contributed by atoms with Crippen molar-refractivity contribution in [2.24, 2.45) is 5.14 Å². The quantitative estimate of drug-likeness (QED) is 0.763. The summed E-state index contributed by atoms with van der Waals surface area (Å²) in [5.41, 5.74) is 0.521. The summed E-state index contributed by atoms with van der Waals surface area (Å²) < 4.78 is 45.7. The highest BCUT2D eigenvalue weighted by Gasteiger charge is 2.21. The first-order valence-electron chi connectivity index (χ1n) is 5.60. The van der Waals surface area contributed by atoms with Gasteiger partial charge in [0.15, 0.2) is 14.9 Å². The normalized spacial score (nSPS) is 12.9. The molecule has 0 aliphatic heterocycles. The molecule has 1 aromatic rings. The molecule has 0 aliphatic carbocycles. The van der Waals surface area contributed by atoms with Crippen molar-refractivity contribution in [1.29, 1.82) is 0 Å². The zero-order valence-electron chi connectivity index (χ0n) is 11.0. The van der Waals surface area contributed by atoms with E-state index in [9.17, 15) is 16.8 Å². The molecule has 0 amide bonds. The van der Waals surface area contributed by atoms with Crippen molar-refractivity contribution in [3.05, 3.63) is 17.6 Å². The van der Waals surface area contributed by atoms with Crippen molar-refractivity contribution < 1.29 is 16.8 Å². The van der Waals surface area contributed by atoms with Crippen LogP contribution in [0.1, 0.15) is 31.3 Å². The van der Waals surface area contributed by atoms with E-state index >= 15 is 0 Å². The van der Waals surface area contributed by atoms with Gasteiger partial charge in [0.2, 0.25) is 10.0 Å². The van der Waals surface area contributed by atoms with E-state index in [0.717, 1.165) is 0 Å². The van der Waals surface area contributed by atoms with Crippen LogP contribution < -0.4 is 5.14 Å². The van der Waals surface area contributed by atoms with Gasteiger partial charge in [-0.2, -0.15) is 0 Å². The highest BCUT2D eigenvalue weighted by atomic mass is 32.2. The topological polar surface area (TPSA) is 120 Å². The lowest BCUT2D eigenvalue weighted by Gasteiger charge is -2.08. The molecule has 0 aromatic carbocycles. The molecule has 0 bridgehead atoms. The van der Waals surface area contributed by atoms with Gasteiger partial charge in [-0.25, -0.2) is 31.9 Å². The summed E-state index contributed by atoms with van der Waals surface area (Å²) in [4.78, 5) is 8.11. The van der Waals surface area contributed by atoms with E-state index in [4.69, 9.17) is 5.14 Å². The summed E-state index contributed by atoms with van der Waals surface area (Å²) in [5, 5.41) is 4.64. The van der Waals surface area contributed by atoms with E-state index in [-0.39, 0.29) is 10.9 Å². The molecule has 108 valence electrons. The fourth-order valence-electron chi connectivity index (χ4n) is 1.31. The highest BCUT2D eigenvalue weighted by molar-refractivity contribution is 7.94. The Hall–Kier alpha value is -1.06. The second kappa shape index (κ2) is 5.51. The first kappa shape index (κ1) is 16.0. The molecule has 7 nitrogen and oxygen atoms in total. The number of sulfonamides is 1. The molecule has 19 heavy (non-hydrogen) atoms. The SMILES string of the molecule is Cc1cc(S(=O)(=O)CCS(N)(=O)=O)nc(C(C)C)n1. The van der Waals surface area contributed by atoms with Crippen LogP contribution in [0, 0.1) is 6.92 Å². The van der Waals surface area contributed by atoms with Crippen LogP contribution in [0.25, 0.3) is 0 Å². The van der Waals surface area contributed by atoms with Gasteiger partial charge in [-0.1, -0.05) is 13.8 Å². The van der Waals surface area contributed by atoms with Gasteiger partial charge in [-0.3, -0.25) is 0 Å². The molecule has 1 aromatic heterocycles. The number of hydrogen-bond acceptors (Lipinski definition) is 6. The van der Waals surface area contributed by atoms with Gasteiger partial charge < -0.3 is 0 Å². The van der Waals surface area contributed by atoms with Crippen molar-refractivity contribution in [3.63, 3.8) is 0 Å². The molecule has 0 aliphatic rings. The van der Waals surface area contributed by atoms with Crippen LogP contribution in [0.2, 0.25) is 0 Å². The molecule has 0 fully saturated rings. The van der Waals surface area contributed by atoms with Crippen LogP contribution in [0.5, 0.6) is 0 Å². The number of nitrogens with two attached hydrogens (primary N) is 1. The van der Waals surface area contributed by atoms with Crippen molar-refractivity contribution in [2.45, 2.75) is 31.7 Å². The molecule has 0 spiro atoms. The standard InChI is InChI=1S/C10H17N3O4S2/c1-7(2)10-12-8(3)6-9(13-10)18(14,15)4-5-19(11,16)17/h6-7H,4-5H2,1-3H3,(H2,11,16,17). The second-order valence-electron chi connectivity index (χ2n) is 4.55. The minimum atomic E-state index is -3.82.